The first-order valence-electron chi connectivity index (χ1n) is 12.0. The number of hydrogen-bond acceptors (Lipinski definition) is 9. The number of piperidine rings is 1. The minimum Gasteiger partial charge on any atom is -0.474 e. The highest BCUT2D eigenvalue weighted by molar-refractivity contribution is 5.67. The predicted molar refractivity (Wildman–Crippen MR) is 132 cm³/mol. The van der Waals surface area contributed by atoms with E-state index in [4.69, 9.17) is 14.2 Å². The molecule has 1 amide bonds. The molecular formula is C26H31N5O5. The predicted octanol–water partition coefficient (Wildman–Crippen LogP) is 4.22. The van der Waals surface area contributed by atoms with Crippen molar-refractivity contribution in [3.8, 4) is 28.9 Å². The summed E-state index contributed by atoms with van der Waals surface area (Å²) in [5.41, 5.74) is 3.52. The van der Waals surface area contributed by atoms with Gasteiger partial charge in [-0.2, -0.15) is 0 Å². The van der Waals surface area contributed by atoms with E-state index in [1.807, 2.05) is 52.0 Å². The molecule has 0 saturated carbocycles. The van der Waals surface area contributed by atoms with Gasteiger partial charge in [0.05, 0.1) is 35.4 Å². The van der Waals surface area contributed by atoms with E-state index < -0.39 is 0 Å². The van der Waals surface area contributed by atoms with Crippen LogP contribution in [0, 0.1) is 13.8 Å². The molecule has 0 unspecified atom stereocenters. The summed E-state index contributed by atoms with van der Waals surface area (Å²) in [6.07, 6.45) is 3.92. The van der Waals surface area contributed by atoms with Crippen molar-refractivity contribution in [2.45, 2.75) is 59.4 Å². The number of likely N-dealkylation sites (tertiary alicyclic amines) is 1. The Hall–Kier alpha value is -3.79. The Morgan fingerprint density at radius 1 is 1.06 bits per heavy atom. The quantitative estimate of drug-likeness (QED) is 0.516. The van der Waals surface area contributed by atoms with E-state index in [9.17, 15) is 9.90 Å². The summed E-state index contributed by atoms with van der Waals surface area (Å²) < 4.78 is 17.5. The highest BCUT2D eigenvalue weighted by Crippen LogP contribution is 2.31. The van der Waals surface area contributed by atoms with Gasteiger partial charge in [0, 0.05) is 32.1 Å². The SMILES string of the molecule is Cc1nc(-c2ccc(CO)cn2)ccc1Oc1ncnc(OC2CCN(C(=O)OC(C)C)CC2)c1C. The minimum atomic E-state index is -0.287. The molecule has 3 aromatic heterocycles. The first kappa shape index (κ1) is 25.3. The van der Waals surface area contributed by atoms with Crippen LogP contribution in [0.25, 0.3) is 11.4 Å². The summed E-state index contributed by atoms with van der Waals surface area (Å²) in [7, 11) is 0. The lowest BCUT2D eigenvalue weighted by Crippen LogP contribution is -2.42. The minimum absolute atomic E-state index is 0.0530. The Kier molecular flexibility index (Phi) is 7.94. The van der Waals surface area contributed by atoms with Gasteiger partial charge < -0.3 is 24.2 Å². The number of nitrogens with zero attached hydrogens (tertiary/aromatic N) is 5. The van der Waals surface area contributed by atoms with E-state index in [0.717, 1.165) is 5.56 Å². The Morgan fingerprint density at radius 2 is 1.78 bits per heavy atom. The van der Waals surface area contributed by atoms with Crippen LogP contribution in [-0.2, 0) is 11.3 Å². The summed E-state index contributed by atoms with van der Waals surface area (Å²) in [6, 6.07) is 7.29. The van der Waals surface area contributed by atoms with Crippen LogP contribution in [-0.4, -0.2) is 61.3 Å². The zero-order valence-corrected chi connectivity index (χ0v) is 21.0. The molecule has 0 spiro atoms. The van der Waals surface area contributed by atoms with Crippen molar-refractivity contribution in [1.82, 2.24) is 24.8 Å². The number of aryl methyl sites for hydroxylation is 1. The summed E-state index contributed by atoms with van der Waals surface area (Å²) in [6.45, 7) is 8.47. The lowest BCUT2D eigenvalue weighted by Gasteiger charge is -2.31. The molecule has 1 fully saturated rings. The normalized spacial score (nSPS) is 14.1. The number of ether oxygens (including phenoxy) is 3. The van der Waals surface area contributed by atoms with E-state index in [1.54, 1.807) is 11.1 Å². The van der Waals surface area contributed by atoms with Gasteiger partial charge in [-0.3, -0.25) is 4.98 Å². The summed E-state index contributed by atoms with van der Waals surface area (Å²) in [5, 5.41) is 9.20. The number of aliphatic hydroxyl groups is 1. The van der Waals surface area contributed by atoms with Crippen LogP contribution in [0.4, 0.5) is 4.79 Å². The molecule has 1 saturated heterocycles. The molecule has 1 N–H and O–H groups in total. The Morgan fingerprint density at radius 3 is 2.42 bits per heavy atom. The van der Waals surface area contributed by atoms with Crippen molar-refractivity contribution in [3.63, 3.8) is 0 Å². The maximum Gasteiger partial charge on any atom is 0.410 e. The summed E-state index contributed by atoms with van der Waals surface area (Å²) in [4.78, 5) is 31.4. The van der Waals surface area contributed by atoms with Crippen molar-refractivity contribution >= 4 is 6.09 Å². The largest absolute Gasteiger partial charge is 0.474 e. The molecule has 36 heavy (non-hydrogen) atoms. The van der Waals surface area contributed by atoms with Crippen molar-refractivity contribution in [2.75, 3.05) is 13.1 Å². The molecule has 0 bridgehead atoms. The van der Waals surface area contributed by atoms with E-state index in [-0.39, 0.29) is 24.9 Å². The second-order valence-corrected chi connectivity index (χ2v) is 8.94. The van der Waals surface area contributed by atoms with E-state index in [2.05, 4.69) is 19.9 Å². The van der Waals surface area contributed by atoms with Gasteiger partial charge in [0.15, 0.2) is 5.75 Å². The third kappa shape index (κ3) is 6.06. The lowest BCUT2D eigenvalue weighted by molar-refractivity contribution is 0.0505. The smallest absolute Gasteiger partial charge is 0.410 e. The zero-order valence-electron chi connectivity index (χ0n) is 21.0. The number of hydrogen-bond donors (Lipinski definition) is 1. The van der Waals surface area contributed by atoms with Crippen LogP contribution >= 0.6 is 0 Å². The second kappa shape index (κ2) is 11.3. The standard InChI is InChI=1S/C26H31N5O5/c1-16(2)34-26(33)31-11-9-20(10-12-31)35-24-17(3)25(29-15-28-24)36-23-8-7-22(30-18(23)4)21-6-5-19(14-32)13-27-21/h5-8,13,15-16,20,32H,9-12,14H2,1-4H3. The Balaban J connectivity index is 1.40. The third-order valence-corrected chi connectivity index (χ3v) is 5.82. The molecular weight excluding hydrogens is 462 g/mol. The van der Waals surface area contributed by atoms with Gasteiger partial charge in [0.2, 0.25) is 11.8 Å². The molecule has 0 aliphatic carbocycles. The molecule has 1 aliphatic rings. The maximum atomic E-state index is 12.1. The Labute approximate surface area is 210 Å². The van der Waals surface area contributed by atoms with Crippen molar-refractivity contribution in [3.05, 3.63) is 53.6 Å². The van der Waals surface area contributed by atoms with Crippen molar-refractivity contribution in [2.24, 2.45) is 0 Å². The number of carbonyl (C=O) groups excluding carboxylic acids is 1. The van der Waals surface area contributed by atoms with Crippen LogP contribution in [0.2, 0.25) is 0 Å². The van der Waals surface area contributed by atoms with Gasteiger partial charge in [-0.25, -0.2) is 19.7 Å². The van der Waals surface area contributed by atoms with Crippen molar-refractivity contribution < 1.29 is 24.1 Å². The van der Waals surface area contributed by atoms with Gasteiger partial charge in [0.1, 0.15) is 12.4 Å². The number of pyridine rings is 2. The highest BCUT2D eigenvalue weighted by Gasteiger charge is 2.26. The monoisotopic (exact) mass is 493 g/mol. The van der Waals surface area contributed by atoms with E-state index in [1.165, 1.54) is 6.33 Å². The zero-order chi connectivity index (χ0) is 25.7. The highest BCUT2D eigenvalue weighted by atomic mass is 16.6. The molecule has 0 aromatic carbocycles. The molecule has 4 heterocycles. The molecule has 1 aliphatic heterocycles. The summed E-state index contributed by atoms with van der Waals surface area (Å²) in [5.74, 6) is 1.41. The third-order valence-electron chi connectivity index (χ3n) is 5.82. The van der Waals surface area contributed by atoms with Crippen LogP contribution in [0.1, 0.15) is 43.5 Å². The average Bonchev–Trinajstić information content (AvgIpc) is 2.87. The van der Waals surface area contributed by atoms with E-state index >= 15 is 0 Å². The van der Waals surface area contributed by atoms with Gasteiger partial charge in [-0.05, 0) is 51.5 Å². The molecule has 190 valence electrons. The van der Waals surface area contributed by atoms with Gasteiger partial charge in [-0.1, -0.05) is 6.07 Å². The maximum absolute atomic E-state index is 12.1. The first-order valence-corrected chi connectivity index (χ1v) is 12.0. The lowest BCUT2D eigenvalue weighted by atomic mass is 10.1. The summed E-state index contributed by atoms with van der Waals surface area (Å²) >= 11 is 0. The number of amides is 1. The topological polar surface area (TPSA) is 120 Å². The van der Waals surface area contributed by atoms with E-state index in [0.29, 0.717) is 66.1 Å². The Bertz CT molecular complexity index is 1190. The van der Waals surface area contributed by atoms with Crippen LogP contribution in [0.3, 0.4) is 0 Å². The van der Waals surface area contributed by atoms with Crippen LogP contribution in [0.15, 0.2) is 36.8 Å². The molecule has 3 aromatic rings. The van der Waals surface area contributed by atoms with Gasteiger partial charge in [0.25, 0.3) is 0 Å². The van der Waals surface area contributed by atoms with Crippen molar-refractivity contribution in [1.29, 1.82) is 0 Å². The number of aromatic nitrogens is 4. The molecule has 0 radical (unpaired) electrons. The van der Waals surface area contributed by atoms with Crippen LogP contribution in [0.5, 0.6) is 17.5 Å². The number of aliphatic hydroxyl groups excluding tert-OH is 1. The second-order valence-electron chi connectivity index (χ2n) is 8.94. The number of carbonyl (C=O) groups is 1. The fourth-order valence-electron chi connectivity index (χ4n) is 3.80. The van der Waals surface area contributed by atoms with Gasteiger partial charge >= 0.3 is 6.09 Å². The number of rotatable bonds is 7. The first-order chi connectivity index (χ1) is 17.3. The average molecular weight is 494 g/mol. The molecule has 10 heteroatoms. The molecule has 4 rings (SSSR count). The van der Waals surface area contributed by atoms with Crippen LogP contribution < -0.4 is 9.47 Å². The molecule has 0 atom stereocenters. The van der Waals surface area contributed by atoms with Gasteiger partial charge in [-0.15, -0.1) is 0 Å². The fourth-order valence-corrected chi connectivity index (χ4v) is 3.80. The molecule has 10 nitrogen and oxygen atoms in total. The fraction of sp³-hybridized carbons (Fsp3) is 0.423.